The van der Waals surface area contributed by atoms with Crippen LogP contribution in [-0.2, 0) is 14.3 Å². The number of benzene rings is 1. The third-order valence-electron chi connectivity index (χ3n) is 3.97. The van der Waals surface area contributed by atoms with Crippen LogP contribution in [0.25, 0.3) is 0 Å². The Hall–Kier alpha value is -2.68. The molecular weight excluding hydrogens is 321 g/mol. The van der Waals surface area contributed by atoms with Crippen LogP contribution in [0.4, 0.5) is 20.6 Å². The van der Waals surface area contributed by atoms with Gasteiger partial charge in [-0.3, -0.25) is 9.59 Å². The summed E-state index contributed by atoms with van der Waals surface area (Å²) in [5, 5.41) is 10.9. The normalized spacial score (nSPS) is 21.3. The Balaban J connectivity index is 1.79. The number of carboxylic acid groups (broad SMARTS) is 1. The first-order valence-corrected chi connectivity index (χ1v) is 7.43. The van der Waals surface area contributed by atoms with E-state index in [2.05, 4.69) is 5.32 Å². The van der Waals surface area contributed by atoms with Crippen LogP contribution in [0.15, 0.2) is 18.2 Å². The fourth-order valence-electron chi connectivity index (χ4n) is 2.89. The summed E-state index contributed by atoms with van der Waals surface area (Å²) in [4.78, 5) is 37.1. The Kier molecular flexibility index (Phi) is 4.34. The van der Waals surface area contributed by atoms with Crippen LogP contribution in [0.1, 0.15) is 6.42 Å². The van der Waals surface area contributed by atoms with Crippen LogP contribution >= 0.6 is 0 Å². The molecule has 0 saturated carbocycles. The minimum Gasteiger partial charge on any atom is -0.465 e. The summed E-state index contributed by atoms with van der Waals surface area (Å²) in [5.41, 5.74) is 0.468. The van der Waals surface area contributed by atoms with Crippen LogP contribution in [-0.4, -0.2) is 55.4 Å². The SMILES string of the molecule is O=C(O)N[C@@H]1CC(=O)N(c2ccc(N3CCOCC3=O)cc2F)C1. The molecule has 1 atom stereocenters. The predicted octanol–water partition coefficient (Wildman–Crippen LogP) is 0.562. The molecule has 0 radical (unpaired) electrons. The molecule has 2 aliphatic heterocycles. The molecule has 2 aliphatic rings. The number of nitrogens with one attached hydrogen (secondary N) is 1. The van der Waals surface area contributed by atoms with Gasteiger partial charge < -0.3 is 25.0 Å². The van der Waals surface area contributed by atoms with Gasteiger partial charge in [0.2, 0.25) is 5.91 Å². The van der Waals surface area contributed by atoms with Gasteiger partial charge in [0.15, 0.2) is 0 Å². The molecule has 128 valence electrons. The number of ether oxygens (including phenoxy) is 1. The summed E-state index contributed by atoms with van der Waals surface area (Å²) in [6.07, 6.45) is -1.24. The van der Waals surface area contributed by atoms with E-state index in [1.165, 1.54) is 21.9 Å². The Bertz CT molecular complexity index is 696. The summed E-state index contributed by atoms with van der Waals surface area (Å²) in [6.45, 7) is 0.738. The molecule has 0 spiro atoms. The van der Waals surface area contributed by atoms with E-state index in [9.17, 15) is 18.8 Å². The Labute approximate surface area is 136 Å². The molecule has 9 heteroatoms. The highest BCUT2D eigenvalue weighted by molar-refractivity contribution is 5.98. The molecule has 24 heavy (non-hydrogen) atoms. The monoisotopic (exact) mass is 337 g/mol. The van der Waals surface area contributed by atoms with E-state index in [0.717, 1.165) is 0 Å². The van der Waals surface area contributed by atoms with Gasteiger partial charge in [-0.1, -0.05) is 0 Å². The number of carbonyl (C=O) groups is 3. The Morgan fingerprint density at radius 3 is 2.75 bits per heavy atom. The van der Waals surface area contributed by atoms with E-state index >= 15 is 0 Å². The van der Waals surface area contributed by atoms with Crippen molar-refractivity contribution >= 4 is 29.3 Å². The van der Waals surface area contributed by atoms with Crippen molar-refractivity contribution in [3.05, 3.63) is 24.0 Å². The maximum atomic E-state index is 14.4. The summed E-state index contributed by atoms with van der Waals surface area (Å²) in [6, 6.07) is 3.61. The number of amides is 3. The lowest BCUT2D eigenvalue weighted by atomic mass is 10.2. The zero-order chi connectivity index (χ0) is 17.3. The average Bonchev–Trinajstić information content (AvgIpc) is 2.87. The predicted molar refractivity (Wildman–Crippen MR) is 81.5 cm³/mol. The van der Waals surface area contributed by atoms with E-state index in [-0.39, 0.29) is 37.1 Å². The minimum atomic E-state index is -1.23. The van der Waals surface area contributed by atoms with Gasteiger partial charge in [-0.05, 0) is 18.2 Å². The number of rotatable bonds is 3. The topological polar surface area (TPSA) is 99.2 Å². The number of nitrogens with zero attached hydrogens (tertiary/aromatic N) is 2. The van der Waals surface area contributed by atoms with Crippen molar-refractivity contribution in [3.8, 4) is 0 Å². The van der Waals surface area contributed by atoms with Crippen molar-refractivity contribution in [3.63, 3.8) is 0 Å². The molecule has 2 N–H and O–H groups in total. The molecule has 0 aromatic heterocycles. The minimum absolute atomic E-state index is 0.0184. The standard InChI is InChI=1S/C15H16FN3O5/c16-11-6-10(18-3-4-24-8-14(18)21)1-2-12(11)19-7-9(5-13(19)20)17-15(22)23/h1-2,6,9,17H,3-5,7-8H2,(H,22,23)/t9-/m1/s1. The highest BCUT2D eigenvalue weighted by Gasteiger charge is 2.33. The zero-order valence-electron chi connectivity index (χ0n) is 12.7. The van der Waals surface area contributed by atoms with Crippen molar-refractivity contribution in [2.24, 2.45) is 0 Å². The van der Waals surface area contributed by atoms with Crippen molar-refractivity contribution in [1.29, 1.82) is 0 Å². The highest BCUT2D eigenvalue weighted by atomic mass is 19.1. The second-order valence-corrected chi connectivity index (χ2v) is 5.59. The van der Waals surface area contributed by atoms with Crippen LogP contribution in [0.2, 0.25) is 0 Å². The smallest absolute Gasteiger partial charge is 0.404 e. The van der Waals surface area contributed by atoms with Crippen LogP contribution in [0.3, 0.4) is 0 Å². The first-order valence-electron chi connectivity index (χ1n) is 7.43. The van der Waals surface area contributed by atoms with Gasteiger partial charge in [-0.2, -0.15) is 0 Å². The molecule has 8 nitrogen and oxygen atoms in total. The highest BCUT2D eigenvalue weighted by Crippen LogP contribution is 2.29. The van der Waals surface area contributed by atoms with Crippen LogP contribution in [0.5, 0.6) is 0 Å². The van der Waals surface area contributed by atoms with Crippen molar-refractivity contribution in [2.75, 3.05) is 36.1 Å². The van der Waals surface area contributed by atoms with Crippen molar-refractivity contribution in [2.45, 2.75) is 12.5 Å². The summed E-state index contributed by atoms with van der Waals surface area (Å²) in [5.74, 6) is -1.25. The third-order valence-corrected chi connectivity index (χ3v) is 3.97. The molecule has 3 rings (SSSR count). The number of carbonyl (C=O) groups excluding carboxylic acids is 2. The van der Waals surface area contributed by atoms with E-state index in [0.29, 0.717) is 18.8 Å². The average molecular weight is 337 g/mol. The lowest BCUT2D eigenvalue weighted by Crippen LogP contribution is -2.41. The fraction of sp³-hybridized carbons (Fsp3) is 0.400. The summed E-state index contributed by atoms with van der Waals surface area (Å²) >= 11 is 0. The van der Waals surface area contributed by atoms with Gasteiger partial charge in [0.25, 0.3) is 5.91 Å². The molecule has 0 aliphatic carbocycles. The molecule has 2 saturated heterocycles. The van der Waals surface area contributed by atoms with Gasteiger partial charge in [0, 0.05) is 25.2 Å². The first-order chi connectivity index (χ1) is 11.5. The molecule has 2 fully saturated rings. The lowest BCUT2D eigenvalue weighted by Gasteiger charge is -2.27. The van der Waals surface area contributed by atoms with Crippen molar-refractivity contribution < 1.29 is 28.6 Å². The fourth-order valence-corrected chi connectivity index (χ4v) is 2.89. The second-order valence-electron chi connectivity index (χ2n) is 5.59. The molecule has 3 amide bonds. The number of hydrogen-bond donors (Lipinski definition) is 2. The van der Waals surface area contributed by atoms with Gasteiger partial charge in [0.05, 0.1) is 18.3 Å². The number of anilines is 2. The Morgan fingerprint density at radius 2 is 2.08 bits per heavy atom. The van der Waals surface area contributed by atoms with Gasteiger partial charge in [0.1, 0.15) is 12.4 Å². The number of morpholine rings is 1. The molecule has 1 aromatic rings. The van der Waals surface area contributed by atoms with Gasteiger partial charge in [-0.25, -0.2) is 9.18 Å². The summed E-state index contributed by atoms with van der Waals surface area (Å²) < 4.78 is 19.5. The van der Waals surface area contributed by atoms with Gasteiger partial charge in [-0.15, -0.1) is 0 Å². The Morgan fingerprint density at radius 1 is 1.29 bits per heavy atom. The van der Waals surface area contributed by atoms with Gasteiger partial charge >= 0.3 is 6.09 Å². The molecule has 0 bridgehead atoms. The lowest BCUT2D eigenvalue weighted by molar-refractivity contribution is -0.125. The van der Waals surface area contributed by atoms with E-state index in [1.807, 2.05) is 0 Å². The second kappa shape index (κ2) is 6.44. The molecule has 2 heterocycles. The molecule has 1 aromatic carbocycles. The third kappa shape index (κ3) is 3.16. The van der Waals surface area contributed by atoms with E-state index < -0.39 is 18.0 Å². The maximum absolute atomic E-state index is 14.4. The van der Waals surface area contributed by atoms with Crippen LogP contribution < -0.4 is 15.1 Å². The maximum Gasteiger partial charge on any atom is 0.404 e. The first kappa shape index (κ1) is 16.2. The number of halogens is 1. The quantitative estimate of drug-likeness (QED) is 0.840. The summed E-state index contributed by atoms with van der Waals surface area (Å²) in [7, 11) is 0. The zero-order valence-corrected chi connectivity index (χ0v) is 12.7. The largest absolute Gasteiger partial charge is 0.465 e. The molecule has 0 unspecified atom stereocenters. The van der Waals surface area contributed by atoms with E-state index in [4.69, 9.17) is 9.84 Å². The van der Waals surface area contributed by atoms with Crippen LogP contribution in [0, 0.1) is 5.82 Å². The number of hydrogen-bond acceptors (Lipinski definition) is 4. The van der Waals surface area contributed by atoms with Crippen molar-refractivity contribution in [1.82, 2.24) is 5.32 Å². The van der Waals surface area contributed by atoms with E-state index in [1.54, 1.807) is 6.07 Å². The molecular formula is C15H16FN3O5.